The van der Waals surface area contributed by atoms with Crippen LogP contribution in [0.4, 0.5) is 0 Å². The lowest BCUT2D eigenvalue weighted by Crippen LogP contribution is -2.28. The van der Waals surface area contributed by atoms with Gasteiger partial charge >= 0.3 is 0 Å². The molecule has 7 nitrogen and oxygen atoms in total. The maximum Gasteiger partial charge on any atom is 0.256 e. The molecule has 0 unspecified atom stereocenters. The molecule has 0 atom stereocenters. The van der Waals surface area contributed by atoms with Crippen molar-refractivity contribution in [3.05, 3.63) is 70.0 Å². The lowest BCUT2D eigenvalue weighted by molar-refractivity contribution is 0.0946. The quantitative estimate of drug-likeness (QED) is 0.581. The van der Waals surface area contributed by atoms with Crippen LogP contribution in [-0.4, -0.2) is 35.6 Å². The number of halogens is 1. The maximum atomic E-state index is 12.6. The molecule has 156 valence electrons. The smallest absolute Gasteiger partial charge is 0.256 e. The van der Waals surface area contributed by atoms with E-state index in [1.54, 1.807) is 29.8 Å². The van der Waals surface area contributed by atoms with Crippen LogP contribution in [0.2, 0.25) is 5.15 Å². The van der Waals surface area contributed by atoms with Crippen LogP contribution in [0.3, 0.4) is 0 Å². The Morgan fingerprint density at radius 2 is 1.93 bits per heavy atom. The Bertz CT molecular complexity index is 1060. The van der Waals surface area contributed by atoms with Crippen molar-refractivity contribution in [1.82, 2.24) is 15.1 Å². The molecule has 1 aliphatic heterocycles. The summed E-state index contributed by atoms with van der Waals surface area (Å²) >= 11 is 6.45. The molecule has 0 bridgehead atoms. The molecule has 1 aromatic heterocycles. The van der Waals surface area contributed by atoms with Gasteiger partial charge in [0.25, 0.3) is 5.91 Å². The Balaban J connectivity index is 1.33. The van der Waals surface area contributed by atoms with E-state index in [-0.39, 0.29) is 12.7 Å². The highest BCUT2D eigenvalue weighted by atomic mass is 35.5. The average Bonchev–Trinajstić information content (AvgIpc) is 3.30. The van der Waals surface area contributed by atoms with Crippen LogP contribution in [-0.2, 0) is 6.54 Å². The van der Waals surface area contributed by atoms with Gasteiger partial charge in [-0.1, -0.05) is 41.4 Å². The van der Waals surface area contributed by atoms with Gasteiger partial charge in [-0.25, -0.2) is 4.68 Å². The van der Waals surface area contributed by atoms with Gasteiger partial charge in [-0.15, -0.1) is 0 Å². The summed E-state index contributed by atoms with van der Waals surface area (Å²) in [4.78, 5) is 12.6. The van der Waals surface area contributed by atoms with Gasteiger partial charge in [-0.2, -0.15) is 5.10 Å². The van der Waals surface area contributed by atoms with Crippen LogP contribution in [0.15, 0.2) is 42.5 Å². The number of benzene rings is 2. The van der Waals surface area contributed by atoms with Crippen LogP contribution in [0.5, 0.6) is 17.2 Å². The van der Waals surface area contributed by atoms with Crippen LogP contribution in [0.1, 0.15) is 27.2 Å². The molecule has 3 aromatic rings. The molecule has 2 aromatic carbocycles. The van der Waals surface area contributed by atoms with Crippen molar-refractivity contribution in [2.75, 3.05) is 19.9 Å². The summed E-state index contributed by atoms with van der Waals surface area (Å²) in [5.41, 5.74) is 3.21. The molecule has 2 heterocycles. The van der Waals surface area contributed by atoms with Crippen molar-refractivity contribution in [2.24, 2.45) is 0 Å². The Morgan fingerprint density at radius 3 is 2.73 bits per heavy atom. The van der Waals surface area contributed by atoms with E-state index in [4.69, 9.17) is 25.8 Å². The molecule has 1 N–H and O–H groups in total. The van der Waals surface area contributed by atoms with E-state index in [0.29, 0.717) is 53.4 Å². The number of aromatic nitrogens is 2. The van der Waals surface area contributed by atoms with Crippen molar-refractivity contribution in [3.8, 4) is 17.2 Å². The summed E-state index contributed by atoms with van der Waals surface area (Å²) in [6.45, 7) is 5.15. The lowest BCUT2D eigenvalue weighted by atomic mass is 10.1. The lowest BCUT2D eigenvalue weighted by Gasteiger charge is -2.08. The number of nitrogens with zero attached hydrogens (tertiary/aromatic N) is 2. The molecule has 0 spiro atoms. The van der Waals surface area contributed by atoms with Crippen molar-refractivity contribution in [2.45, 2.75) is 20.4 Å². The first kappa shape index (κ1) is 20.1. The second-order valence-corrected chi connectivity index (χ2v) is 7.37. The molecule has 1 aliphatic rings. The standard InChI is InChI=1S/C22H22ClN3O4/c1-14-3-5-16(6-4-14)12-26-21(23)20(15(2)25-26)22(27)24-9-10-28-17-7-8-18-19(11-17)30-13-29-18/h3-8,11H,9-10,12-13H2,1-2H3,(H,24,27). The number of hydrogen-bond acceptors (Lipinski definition) is 5. The van der Waals surface area contributed by atoms with E-state index in [1.165, 1.54) is 5.56 Å². The van der Waals surface area contributed by atoms with Gasteiger partial charge in [0.1, 0.15) is 17.5 Å². The fourth-order valence-electron chi connectivity index (χ4n) is 3.17. The molecule has 30 heavy (non-hydrogen) atoms. The monoisotopic (exact) mass is 427 g/mol. The number of amides is 1. The van der Waals surface area contributed by atoms with Gasteiger partial charge in [0.2, 0.25) is 6.79 Å². The van der Waals surface area contributed by atoms with E-state index in [0.717, 1.165) is 5.56 Å². The maximum absolute atomic E-state index is 12.6. The largest absolute Gasteiger partial charge is 0.492 e. The minimum absolute atomic E-state index is 0.215. The number of fused-ring (bicyclic) bond motifs is 1. The molecule has 0 aliphatic carbocycles. The summed E-state index contributed by atoms with van der Waals surface area (Å²) in [6, 6.07) is 13.5. The number of nitrogens with one attached hydrogen (secondary N) is 1. The molecule has 8 heteroatoms. The van der Waals surface area contributed by atoms with Crippen molar-refractivity contribution >= 4 is 17.5 Å². The summed E-state index contributed by atoms with van der Waals surface area (Å²) in [5, 5.41) is 7.58. The fraction of sp³-hybridized carbons (Fsp3) is 0.273. The van der Waals surface area contributed by atoms with Crippen molar-refractivity contribution < 1.29 is 19.0 Å². The highest BCUT2D eigenvalue weighted by molar-refractivity contribution is 6.33. The Morgan fingerprint density at radius 1 is 1.17 bits per heavy atom. The van der Waals surface area contributed by atoms with E-state index >= 15 is 0 Å². The number of rotatable bonds is 7. The van der Waals surface area contributed by atoms with Gasteiger partial charge in [-0.05, 0) is 31.5 Å². The van der Waals surface area contributed by atoms with E-state index < -0.39 is 0 Å². The van der Waals surface area contributed by atoms with Crippen LogP contribution >= 0.6 is 11.6 Å². The molecule has 1 amide bonds. The predicted molar refractivity (Wildman–Crippen MR) is 113 cm³/mol. The molecular weight excluding hydrogens is 406 g/mol. The Labute approximate surface area is 179 Å². The normalized spacial score (nSPS) is 12.1. The third-order valence-corrected chi connectivity index (χ3v) is 5.13. The highest BCUT2D eigenvalue weighted by Crippen LogP contribution is 2.35. The Hall–Kier alpha value is -3.19. The molecule has 0 saturated carbocycles. The average molecular weight is 428 g/mol. The molecule has 0 radical (unpaired) electrons. The molecular formula is C22H22ClN3O4. The number of aryl methyl sites for hydroxylation is 2. The number of carbonyl (C=O) groups is 1. The minimum Gasteiger partial charge on any atom is -0.492 e. The zero-order valence-corrected chi connectivity index (χ0v) is 17.5. The summed E-state index contributed by atoms with van der Waals surface area (Å²) in [6.07, 6.45) is 0. The summed E-state index contributed by atoms with van der Waals surface area (Å²) in [5.74, 6) is 1.72. The SMILES string of the molecule is Cc1ccc(Cn2nc(C)c(C(=O)NCCOc3ccc4c(c3)OCO4)c2Cl)cc1. The second-order valence-electron chi connectivity index (χ2n) is 7.01. The van der Waals surface area contributed by atoms with Crippen molar-refractivity contribution in [1.29, 1.82) is 0 Å². The van der Waals surface area contributed by atoms with Gasteiger partial charge in [0, 0.05) is 6.07 Å². The van der Waals surface area contributed by atoms with Crippen LogP contribution in [0, 0.1) is 13.8 Å². The number of ether oxygens (including phenoxy) is 3. The van der Waals surface area contributed by atoms with Gasteiger partial charge in [-0.3, -0.25) is 4.79 Å². The van der Waals surface area contributed by atoms with Crippen molar-refractivity contribution in [3.63, 3.8) is 0 Å². The topological polar surface area (TPSA) is 74.6 Å². The molecule has 0 fully saturated rings. The first-order valence-electron chi connectivity index (χ1n) is 9.60. The van der Waals surface area contributed by atoms with Gasteiger partial charge in [0.05, 0.1) is 24.3 Å². The highest BCUT2D eigenvalue weighted by Gasteiger charge is 2.20. The predicted octanol–water partition coefficient (Wildman–Crippen LogP) is 3.74. The fourth-order valence-corrected chi connectivity index (χ4v) is 3.49. The Kier molecular flexibility index (Phi) is 5.81. The summed E-state index contributed by atoms with van der Waals surface area (Å²) < 4.78 is 17.9. The molecule has 4 rings (SSSR count). The van der Waals surface area contributed by atoms with Crippen LogP contribution in [0.25, 0.3) is 0 Å². The first-order chi connectivity index (χ1) is 14.5. The number of hydrogen-bond donors (Lipinski definition) is 1. The van der Waals surface area contributed by atoms with E-state index in [2.05, 4.69) is 10.4 Å². The molecule has 0 saturated heterocycles. The van der Waals surface area contributed by atoms with E-state index in [1.807, 2.05) is 31.2 Å². The van der Waals surface area contributed by atoms with Gasteiger partial charge < -0.3 is 19.5 Å². The zero-order chi connectivity index (χ0) is 21.1. The zero-order valence-electron chi connectivity index (χ0n) is 16.8. The van der Waals surface area contributed by atoms with Gasteiger partial charge in [0.15, 0.2) is 11.5 Å². The third-order valence-electron chi connectivity index (χ3n) is 4.75. The van der Waals surface area contributed by atoms with Crippen LogP contribution < -0.4 is 19.5 Å². The first-order valence-corrected chi connectivity index (χ1v) is 9.98. The summed E-state index contributed by atoms with van der Waals surface area (Å²) in [7, 11) is 0. The van der Waals surface area contributed by atoms with E-state index in [9.17, 15) is 4.79 Å². The third kappa shape index (κ3) is 4.36. The minimum atomic E-state index is -0.276. The number of carbonyl (C=O) groups excluding carboxylic acids is 1. The second kappa shape index (κ2) is 8.67.